The SMILES string of the molecule is CC(C)NC(=O)C(Cc1ccccc1)N(Cc1ccc(Cl)cc1)C(=O)CN(c1ccc2c(c1)OCO2)S(C)(=O)=O. The van der Waals surface area contributed by atoms with E-state index in [1.165, 1.54) is 11.0 Å². The van der Waals surface area contributed by atoms with E-state index in [1.54, 1.807) is 36.4 Å². The Bertz CT molecular complexity index is 1450. The number of hydrogen-bond donors (Lipinski definition) is 1. The standard InChI is InChI=1S/C29H32ClN3O6S/c1-20(2)31-29(35)25(15-21-7-5-4-6-8-21)32(17-22-9-11-23(30)12-10-22)28(34)18-33(40(3,36)37)24-13-14-26-27(16-24)39-19-38-26/h4-14,16,20,25H,15,17-19H2,1-3H3,(H,31,35). The van der Waals surface area contributed by atoms with Gasteiger partial charge in [0, 0.05) is 30.1 Å². The summed E-state index contributed by atoms with van der Waals surface area (Å²) in [6.07, 6.45) is 1.27. The minimum Gasteiger partial charge on any atom is -0.454 e. The summed E-state index contributed by atoms with van der Waals surface area (Å²) in [5.41, 5.74) is 1.84. The molecule has 1 N–H and O–H groups in total. The molecule has 212 valence electrons. The van der Waals surface area contributed by atoms with Gasteiger partial charge in [-0.15, -0.1) is 0 Å². The lowest BCUT2D eigenvalue weighted by Gasteiger charge is -2.34. The molecular weight excluding hydrogens is 554 g/mol. The molecule has 0 radical (unpaired) electrons. The number of anilines is 1. The van der Waals surface area contributed by atoms with E-state index in [2.05, 4.69) is 5.32 Å². The van der Waals surface area contributed by atoms with E-state index >= 15 is 0 Å². The number of benzene rings is 3. The average molecular weight is 586 g/mol. The Morgan fingerprint density at radius 2 is 1.62 bits per heavy atom. The molecule has 4 rings (SSSR count). The summed E-state index contributed by atoms with van der Waals surface area (Å²) in [6.45, 7) is 3.25. The number of fused-ring (bicyclic) bond motifs is 1. The van der Waals surface area contributed by atoms with Crippen molar-refractivity contribution >= 4 is 39.1 Å². The molecule has 40 heavy (non-hydrogen) atoms. The van der Waals surface area contributed by atoms with Crippen LogP contribution in [0.3, 0.4) is 0 Å². The van der Waals surface area contributed by atoms with Crippen LogP contribution in [0.25, 0.3) is 0 Å². The van der Waals surface area contributed by atoms with Crippen LogP contribution in [0, 0.1) is 0 Å². The summed E-state index contributed by atoms with van der Waals surface area (Å²) in [4.78, 5) is 29.0. The van der Waals surface area contributed by atoms with Gasteiger partial charge in [0.25, 0.3) is 0 Å². The van der Waals surface area contributed by atoms with Crippen LogP contribution in [0.15, 0.2) is 72.8 Å². The van der Waals surface area contributed by atoms with Crippen molar-refractivity contribution in [2.45, 2.75) is 38.9 Å². The highest BCUT2D eigenvalue weighted by atomic mass is 35.5. The fourth-order valence-corrected chi connectivity index (χ4v) is 5.34. The van der Waals surface area contributed by atoms with Crippen molar-refractivity contribution in [1.82, 2.24) is 10.2 Å². The Morgan fingerprint density at radius 1 is 0.950 bits per heavy atom. The molecule has 0 bridgehead atoms. The Morgan fingerprint density at radius 3 is 2.27 bits per heavy atom. The maximum Gasteiger partial charge on any atom is 0.244 e. The lowest BCUT2D eigenvalue weighted by atomic mass is 10.0. The van der Waals surface area contributed by atoms with Gasteiger partial charge in [-0.2, -0.15) is 0 Å². The number of hydrogen-bond acceptors (Lipinski definition) is 6. The molecule has 1 heterocycles. The molecule has 2 amide bonds. The molecular formula is C29H32ClN3O6S. The largest absolute Gasteiger partial charge is 0.454 e. The van der Waals surface area contributed by atoms with Crippen LogP contribution in [0.2, 0.25) is 5.02 Å². The van der Waals surface area contributed by atoms with Crippen molar-refractivity contribution in [3.8, 4) is 11.5 Å². The van der Waals surface area contributed by atoms with E-state index in [0.717, 1.165) is 21.7 Å². The third-order valence-corrected chi connectivity index (χ3v) is 7.68. The van der Waals surface area contributed by atoms with E-state index in [4.69, 9.17) is 21.1 Å². The van der Waals surface area contributed by atoms with Crippen molar-refractivity contribution < 1.29 is 27.5 Å². The number of nitrogens with zero attached hydrogens (tertiary/aromatic N) is 2. The number of carbonyl (C=O) groups excluding carboxylic acids is 2. The first-order valence-corrected chi connectivity index (χ1v) is 15.0. The number of halogens is 1. The van der Waals surface area contributed by atoms with Crippen LogP contribution >= 0.6 is 11.6 Å². The molecule has 0 aromatic heterocycles. The highest BCUT2D eigenvalue weighted by molar-refractivity contribution is 7.92. The van der Waals surface area contributed by atoms with Gasteiger partial charge >= 0.3 is 0 Å². The zero-order chi connectivity index (χ0) is 28.9. The minimum absolute atomic E-state index is 0.0254. The zero-order valence-electron chi connectivity index (χ0n) is 22.5. The zero-order valence-corrected chi connectivity index (χ0v) is 24.1. The van der Waals surface area contributed by atoms with Crippen LogP contribution in [-0.4, -0.2) is 56.8 Å². The molecule has 11 heteroatoms. The monoisotopic (exact) mass is 585 g/mol. The Balaban J connectivity index is 1.72. The predicted molar refractivity (Wildman–Crippen MR) is 154 cm³/mol. The summed E-state index contributed by atoms with van der Waals surface area (Å²) in [5, 5.41) is 3.45. The van der Waals surface area contributed by atoms with Gasteiger partial charge in [0.15, 0.2) is 11.5 Å². The van der Waals surface area contributed by atoms with Gasteiger partial charge in [-0.05, 0) is 49.2 Å². The Hall–Kier alpha value is -3.76. The summed E-state index contributed by atoms with van der Waals surface area (Å²) < 4.78 is 37.6. The summed E-state index contributed by atoms with van der Waals surface area (Å²) in [6, 6.07) is 19.9. The van der Waals surface area contributed by atoms with Gasteiger partial charge in [0.1, 0.15) is 12.6 Å². The number of rotatable bonds is 11. The molecule has 0 aliphatic carbocycles. The molecule has 1 aliphatic rings. The number of ether oxygens (including phenoxy) is 2. The van der Waals surface area contributed by atoms with Crippen LogP contribution < -0.4 is 19.1 Å². The van der Waals surface area contributed by atoms with Gasteiger partial charge in [-0.1, -0.05) is 54.1 Å². The van der Waals surface area contributed by atoms with Crippen molar-refractivity contribution in [2.24, 2.45) is 0 Å². The fourth-order valence-electron chi connectivity index (χ4n) is 4.38. The summed E-state index contributed by atoms with van der Waals surface area (Å²) in [5.74, 6) is -0.0101. The molecule has 1 unspecified atom stereocenters. The quantitative estimate of drug-likeness (QED) is 0.365. The fraction of sp³-hybridized carbons (Fsp3) is 0.310. The maximum atomic E-state index is 14.1. The Kier molecular flexibility index (Phi) is 9.21. The highest BCUT2D eigenvalue weighted by Crippen LogP contribution is 2.36. The third kappa shape index (κ3) is 7.45. The topological polar surface area (TPSA) is 105 Å². The molecule has 1 atom stereocenters. The lowest BCUT2D eigenvalue weighted by Crippen LogP contribution is -2.54. The first-order valence-electron chi connectivity index (χ1n) is 12.8. The first-order chi connectivity index (χ1) is 19.0. The van der Waals surface area contributed by atoms with E-state index in [-0.39, 0.29) is 37.4 Å². The molecule has 0 fully saturated rings. The molecule has 0 saturated heterocycles. The lowest BCUT2D eigenvalue weighted by molar-refractivity contribution is -0.140. The molecule has 1 aliphatic heterocycles. The summed E-state index contributed by atoms with van der Waals surface area (Å²) >= 11 is 6.08. The van der Waals surface area contributed by atoms with Crippen LogP contribution in [-0.2, 0) is 32.6 Å². The van der Waals surface area contributed by atoms with Crippen LogP contribution in [0.5, 0.6) is 11.5 Å². The van der Waals surface area contributed by atoms with Crippen molar-refractivity contribution in [3.63, 3.8) is 0 Å². The molecule has 3 aromatic carbocycles. The van der Waals surface area contributed by atoms with Gasteiger partial charge < -0.3 is 19.7 Å². The van der Waals surface area contributed by atoms with E-state index in [9.17, 15) is 18.0 Å². The second-order valence-electron chi connectivity index (χ2n) is 9.82. The normalized spacial score (nSPS) is 13.1. The van der Waals surface area contributed by atoms with Gasteiger partial charge in [-0.25, -0.2) is 8.42 Å². The van der Waals surface area contributed by atoms with E-state index < -0.39 is 28.5 Å². The van der Waals surface area contributed by atoms with Crippen LogP contribution in [0.4, 0.5) is 5.69 Å². The van der Waals surface area contributed by atoms with Gasteiger partial charge in [-0.3, -0.25) is 13.9 Å². The molecule has 3 aromatic rings. The molecule has 0 saturated carbocycles. The number of amides is 2. The second-order valence-corrected chi connectivity index (χ2v) is 12.2. The van der Waals surface area contributed by atoms with Crippen molar-refractivity contribution in [3.05, 3.63) is 88.9 Å². The number of sulfonamides is 1. The van der Waals surface area contributed by atoms with Crippen molar-refractivity contribution in [2.75, 3.05) is 23.9 Å². The van der Waals surface area contributed by atoms with Gasteiger partial charge in [0.05, 0.1) is 11.9 Å². The van der Waals surface area contributed by atoms with Crippen molar-refractivity contribution in [1.29, 1.82) is 0 Å². The van der Waals surface area contributed by atoms with E-state index in [1.807, 2.05) is 44.2 Å². The predicted octanol–water partition coefficient (Wildman–Crippen LogP) is 4.00. The highest BCUT2D eigenvalue weighted by Gasteiger charge is 2.33. The van der Waals surface area contributed by atoms with Crippen LogP contribution in [0.1, 0.15) is 25.0 Å². The number of carbonyl (C=O) groups is 2. The minimum atomic E-state index is -3.89. The maximum absolute atomic E-state index is 14.1. The van der Waals surface area contributed by atoms with E-state index in [0.29, 0.717) is 16.5 Å². The molecule has 9 nitrogen and oxygen atoms in total. The summed E-state index contributed by atoms with van der Waals surface area (Å²) in [7, 11) is -3.89. The first kappa shape index (κ1) is 29.2. The second kappa shape index (κ2) is 12.6. The number of nitrogens with one attached hydrogen (secondary N) is 1. The molecule has 0 spiro atoms. The van der Waals surface area contributed by atoms with Gasteiger partial charge in [0.2, 0.25) is 28.6 Å². The third-order valence-electron chi connectivity index (χ3n) is 6.29. The Labute approximate surface area is 239 Å². The smallest absolute Gasteiger partial charge is 0.244 e. The average Bonchev–Trinajstić information content (AvgIpc) is 3.38.